The van der Waals surface area contributed by atoms with E-state index in [2.05, 4.69) is 27.7 Å². The lowest BCUT2D eigenvalue weighted by Crippen LogP contribution is -2.38. The number of likely N-dealkylation sites (tertiary alicyclic amines) is 1. The normalized spacial score (nSPS) is 15.2. The van der Waals surface area contributed by atoms with E-state index in [1.807, 2.05) is 11.3 Å². The predicted molar refractivity (Wildman–Crippen MR) is 111 cm³/mol. The van der Waals surface area contributed by atoms with Gasteiger partial charge in [-0.05, 0) is 55.4 Å². The van der Waals surface area contributed by atoms with Crippen LogP contribution in [0.3, 0.4) is 0 Å². The second-order valence-corrected chi connectivity index (χ2v) is 7.96. The number of benzene rings is 1. The van der Waals surface area contributed by atoms with Gasteiger partial charge in [0, 0.05) is 23.5 Å². The Balaban J connectivity index is 1.52. The average Bonchev–Trinajstić information content (AvgIpc) is 3.24. The fourth-order valence-corrected chi connectivity index (χ4v) is 4.27. The van der Waals surface area contributed by atoms with Crippen LogP contribution in [0, 0.1) is 5.92 Å². The maximum Gasteiger partial charge on any atom is 0.251 e. The Hall–Kier alpha value is -2.25. The molecule has 1 aliphatic rings. The molecule has 1 aliphatic heterocycles. The van der Waals surface area contributed by atoms with Gasteiger partial charge < -0.3 is 19.5 Å². The van der Waals surface area contributed by atoms with Gasteiger partial charge in [-0.25, -0.2) is 0 Å². The number of nitrogens with zero attached hydrogens (tertiary/aromatic N) is 1. The number of nitrogens with one attached hydrogen (secondary N) is 1. The molecule has 0 atom stereocenters. The lowest BCUT2D eigenvalue weighted by Gasteiger charge is -2.31. The zero-order valence-electron chi connectivity index (χ0n) is 16.7. The maximum absolute atomic E-state index is 12.6. The van der Waals surface area contributed by atoms with Gasteiger partial charge in [-0.3, -0.25) is 9.69 Å². The van der Waals surface area contributed by atoms with Crippen LogP contribution in [-0.2, 0) is 6.54 Å². The number of amides is 1. The third-order valence-corrected chi connectivity index (χ3v) is 6.01. The number of ether oxygens (including phenoxy) is 3. The number of piperidine rings is 1. The molecule has 1 N–H and O–H groups in total. The summed E-state index contributed by atoms with van der Waals surface area (Å²) in [6, 6.07) is 7.65. The van der Waals surface area contributed by atoms with Crippen molar-refractivity contribution in [3.8, 4) is 17.2 Å². The van der Waals surface area contributed by atoms with Crippen molar-refractivity contribution in [1.29, 1.82) is 0 Å². The van der Waals surface area contributed by atoms with Gasteiger partial charge in [0.1, 0.15) is 0 Å². The number of carbonyl (C=O) groups excluding carboxylic acids is 1. The Morgan fingerprint density at radius 2 is 1.82 bits per heavy atom. The van der Waals surface area contributed by atoms with Crippen LogP contribution in [0.5, 0.6) is 17.2 Å². The molecule has 0 aliphatic carbocycles. The predicted octanol–water partition coefficient (Wildman–Crippen LogP) is 3.42. The van der Waals surface area contributed by atoms with Crippen molar-refractivity contribution in [2.75, 3.05) is 41.0 Å². The zero-order valence-corrected chi connectivity index (χ0v) is 17.5. The Labute approximate surface area is 170 Å². The van der Waals surface area contributed by atoms with E-state index in [0.717, 1.165) is 32.5 Å². The molecule has 0 spiro atoms. The fourth-order valence-electron chi connectivity index (χ4n) is 3.52. The summed E-state index contributed by atoms with van der Waals surface area (Å²) in [6.45, 7) is 3.86. The molecular formula is C21H28N2O4S. The first-order valence-electron chi connectivity index (χ1n) is 9.47. The molecule has 0 radical (unpaired) electrons. The molecule has 28 heavy (non-hydrogen) atoms. The van der Waals surface area contributed by atoms with Gasteiger partial charge in [0.15, 0.2) is 11.5 Å². The van der Waals surface area contributed by atoms with Crippen LogP contribution in [0.4, 0.5) is 0 Å². The highest BCUT2D eigenvalue weighted by atomic mass is 32.1. The number of methoxy groups -OCH3 is 3. The van der Waals surface area contributed by atoms with Crippen molar-refractivity contribution in [3.05, 3.63) is 40.1 Å². The minimum Gasteiger partial charge on any atom is -0.493 e. The van der Waals surface area contributed by atoms with E-state index in [1.54, 1.807) is 33.5 Å². The Morgan fingerprint density at radius 3 is 2.36 bits per heavy atom. The molecule has 152 valence electrons. The fraction of sp³-hybridized carbons (Fsp3) is 0.476. The van der Waals surface area contributed by atoms with Crippen LogP contribution in [-0.4, -0.2) is 51.8 Å². The summed E-state index contributed by atoms with van der Waals surface area (Å²) in [5, 5.41) is 5.19. The van der Waals surface area contributed by atoms with E-state index >= 15 is 0 Å². The highest BCUT2D eigenvalue weighted by molar-refractivity contribution is 7.09. The van der Waals surface area contributed by atoms with Gasteiger partial charge in [-0.2, -0.15) is 0 Å². The number of thiophene rings is 1. The summed E-state index contributed by atoms with van der Waals surface area (Å²) in [5.41, 5.74) is 0.504. The highest BCUT2D eigenvalue weighted by Gasteiger charge is 2.21. The topological polar surface area (TPSA) is 60.0 Å². The van der Waals surface area contributed by atoms with Crippen LogP contribution in [0.25, 0.3) is 0 Å². The first-order valence-corrected chi connectivity index (χ1v) is 10.4. The van der Waals surface area contributed by atoms with Gasteiger partial charge in [0.05, 0.1) is 21.3 Å². The molecular weight excluding hydrogens is 376 g/mol. The molecule has 1 aromatic heterocycles. The molecule has 3 rings (SSSR count). The molecule has 2 heterocycles. The quantitative estimate of drug-likeness (QED) is 0.731. The summed E-state index contributed by atoms with van der Waals surface area (Å²) in [7, 11) is 4.64. The van der Waals surface area contributed by atoms with Crippen LogP contribution >= 0.6 is 11.3 Å². The van der Waals surface area contributed by atoms with E-state index in [4.69, 9.17) is 14.2 Å². The minimum absolute atomic E-state index is 0.125. The first-order chi connectivity index (χ1) is 13.6. The Kier molecular flexibility index (Phi) is 7.17. The van der Waals surface area contributed by atoms with Crippen LogP contribution in [0.15, 0.2) is 29.6 Å². The summed E-state index contributed by atoms with van der Waals surface area (Å²) in [5.74, 6) is 1.83. The first kappa shape index (κ1) is 20.5. The second kappa shape index (κ2) is 9.80. The number of hydrogen-bond donors (Lipinski definition) is 1. The standard InChI is InChI=1S/C21H28N2O4S/c1-25-18-11-16(12-19(26-2)20(18)27-3)21(24)22-13-15-6-8-23(9-7-15)14-17-5-4-10-28-17/h4-5,10-12,15H,6-9,13-14H2,1-3H3,(H,22,24). The molecule has 0 unspecified atom stereocenters. The monoisotopic (exact) mass is 404 g/mol. The van der Waals surface area contributed by atoms with E-state index in [9.17, 15) is 4.79 Å². The molecule has 1 aromatic carbocycles. The van der Waals surface area contributed by atoms with E-state index in [-0.39, 0.29) is 5.91 Å². The van der Waals surface area contributed by atoms with Crippen molar-refractivity contribution >= 4 is 17.2 Å². The van der Waals surface area contributed by atoms with E-state index < -0.39 is 0 Å². The van der Waals surface area contributed by atoms with Gasteiger partial charge in [0.25, 0.3) is 5.91 Å². The molecule has 1 saturated heterocycles. The molecule has 2 aromatic rings. The van der Waals surface area contributed by atoms with E-state index in [1.165, 1.54) is 4.88 Å². The largest absolute Gasteiger partial charge is 0.493 e. The highest BCUT2D eigenvalue weighted by Crippen LogP contribution is 2.38. The lowest BCUT2D eigenvalue weighted by atomic mass is 9.96. The summed E-state index contributed by atoms with van der Waals surface area (Å²) in [4.78, 5) is 16.5. The third-order valence-electron chi connectivity index (χ3n) is 5.14. The molecule has 1 fully saturated rings. The Morgan fingerprint density at radius 1 is 1.14 bits per heavy atom. The minimum atomic E-state index is -0.125. The summed E-state index contributed by atoms with van der Waals surface area (Å²) in [6.07, 6.45) is 2.20. The SMILES string of the molecule is COc1cc(C(=O)NCC2CCN(Cc3cccs3)CC2)cc(OC)c1OC. The van der Waals surface area contributed by atoms with Crippen LogP contribution in [0.1, 0.15) is 28.1 Å². The van der Waals surface area contributed by atoms with Crippen molar-refractivity contribution in [2.24, 2.45) is 5.92 Å². The maximum atomic E-state index is 12.6. The molecule has 0 bridgehead atoms. The van der Waals surface area contributed by atoms with Gasteiger partial charge >= 0.3 is 0 Å². The lowest BCUT2D eigenvalue weighted by molar-refractivity contribution is 0.0934. The molecule has 6 nitrogen and oxygen atoms in total. The second-order valence-electron chi connectivity index (χ2n) is 6.92. The van der Waals surface area contributed by atoms with Crippen LogP contribution < -0.4 is 19.5 Å². The van der Waals surface area contributed by atoms with Gasteiger partial charge in [-0.1, -0.05) is 6.07 Å². The van der Waals surface area contributed by atoms with E-state index in [0.29, 0.717) is 35.3 Å². The van der Waals surface area contributed by atoms with Gasteiger partial charge in [0.2, 0.25) is 5.75 Å². The molecule has 0 saturated carbocycles. The van der Waals surface area contributed by atoms with Crippen molar-refractivity contribution < 1.29 is 19.0 Å². The zero-order chi connectivity index (χ0) is 19.9. The molecule has 1 amide bonds. The number of hydrogen-bond acceptors (Lipinski definition) is 6. The molecule has 7 heteroatoms. The summed E-state index contributed by atoms with van der Waals surface area (Å²) < 4.78 is 16.0. The number of rotatable bonds is 8. The van der Waals surface area contributed by atoms with Crippen LogP contribution in [0.2, 0.25) is 0 Å². The number of carbonyl (C=O) groups is 1. The third kappa shape index (κ3) is 4.97. The smallest absolute Gasteiger partial charge is 0.251 e. The average molecular weight is 405 g/mol. The van der Waals surface area contributed by atoms with Crippen molar-refractivity contribution in [1.82, 2.24) is 10.2 Å². The Bertz CT molecular complexity index is 746. The van der Waals surface area contributed by atoms with Crippen molar-refractivity contribution in [2.45, 2.75) is 19.4 Å². The van der Waals surface area contributed by atoms with Gasteiger partial charge in [-0.15, -0.1) is 11.3 Å². The summed E-state index contributed by atoms with van der Waals surface area (Å²) >= 11 is 1.81. The van der Waals surface area contributed by atoms with Crippen molar-refractivity contribution in [3.63, 3.8) is 0 Å².